The van der Waals surface area contributed by atoms with Crippen LogP contribution in [0.4, 0.5) is 0 Å². The molecule has 0 radical (unpaired) electrons. The molecular formula is C23H32N4O2. The van der Waals surface area contributed by atoms with Crippen molar-refractivity contribution >= 4 is 5.91 Å². The summed E-state index contributed by atoms with van der Waals surface area (Å²) in [6, 6.07) is 7.44. The second-order valence-electron chi connectivity index (χ2n) is 8.53. The number of nitrogens with zero attached hydrogens (tertiary/aromatic N) is 3. The number of nitrogens with one attached hydrogen (secondary N) is 1. The predicted octanol–water partition coefficient (Wildman–Crippen LogP) is 3.52. The minimum absolute atomic E-state index is 0.0105. The fraction of sp³-hybridized carbons (Fsp3) is 0.565. The number of piperidine rings is 1. The van der Waals surface area contributed by atoms with E-state index in [0.29, 0.717) is 25.2 Å². The molecule has 6 nitrogen and oxygen atoms in total. The highest BCUT2D eigenvalue weighted by Gasteiger charge is 2.25. The number of fused-ring (bicyclic) bond motifs is 3. The lowest BCUT2D eigenvalue weighted by Crippen LogP contribution is -2.44. The van der Waals surface area contributed by atoms with Crippen LogP contribution in [-0.4, -0.2) is 45.8 Å². The largest absolute Gasteiger partial charge is 0.488 e. The van der Waals surface area contributed by atoms with Gasteiger partial charge in [0.25, 0.3) is 0 Å². The van der Waals surface area contributed by atoms with Crippen molar-refractivity contribution < 1.29 is 9.53 Å². The zero-order chi connectivity index (χ0) is 20.4. The van der Waals surface area contributed by atoms with E-state index in [1.807, 2.05) is 18.3 Å². The fourth-order valence-electron chi connectivity index (χ4n) is 4.67. The molecule has 2 aliphatic rings. The quantitative estimate of drug-likeness (QED) is 0.759. The second kappa shape index (κ2) is 8.57. The Morgan fingerprint density at radius 2 is 2.07 bits per heavy atom. The second-order valence-corrected chi connectivity index (χ2v) is 8.53. The molecule has 0 spiro atoms. The van der Waals surface area contributed by atoms with Gasteiger partial charge in [-0.2, -0.15) is 5.10 Å². The van der Waals surface area contributed by atoms with Gasteiger partial charge in [0.15, 0.2) is 0 Å². The molecule has 0 aliphatic carbocycles. The number of likely N-dealkylation sites (tertiary alicyclic amines) is 1. The zero-order valence-electron chi connectivity index (χ0n) is 17.8. The number of rotatable bonds is 6. The molecule has 1 saturated heterocycles. The molecule has 0 unspecified atom stereocenters. The lowest BCUT2D eigenvalue weighted by atomic mass is 9.97. The summed E-state index contributed by atoms with van der Waals surface area (Å²) in [5.74, 6) is 0.867. The number of carbonyl (C=O) groups excluding carboxylic acids is 1. The van der Waals surface area contributed by atoms with Crippen LogP contribution in [-0.2, 0) is 17.9 Å². The number of carbonyl (C=O) groups is 1. The van der Waals surface area contributed by atoms with Crippen LogP contribution in [0.3, 0.4) is 0 Å². The Morgan fingerprint density at radius 3 is 2.86 bits per heavy atom. The Hall–Kier alpha value is -2.34. The normalized spacial score (nSPS) is 21.2. The summed E-state index contributed by atoms with van der Waals surface area (Å²) in [5.41, 5.74) is 4.22. The van der Waals surface area contributed by atoms with Crippen LogP contribution in [0.15, 0.2) is 24.4 Å². The summed E-state index contributed by atoms with van der Waals surface area (Å²) >= 11 is 0. The van der Waals surface area contributed by atoms with E-state index in [0.717, 1.165) is 35.5 Å². The standard InChI is InChI=1S/C23H32N4O2/c1-16-8-9-21-20(12-16)23-19(15-29-21)13-25-27(23)14-22(28)24-10-5-11-26-17(2)6-4-7-18(26)3/h8-9,12-13,17-18H,4-7,10-11,14-15H2,1-3H3,(H,24,28)/t17-,18-/m0/s1. The Labute approximate surface area is 173 Å². The van der Waals surface area contributed by atoms with Gasteiger partial charge in [0.05, 0.1) is 11.9 Å². The molecule has 2 aliphatic heterocycles. The monoisotopic (exact) mass is 396 g/mol. The number of hydrogen-bond acceptors (Lipinski definition) is 4. The molecule has 29 heavy (non-hydrogen) atoms. The first-order valence-electron chi connectivity index (χ1n) is 10.8. The van der Waals surface area contributed by atoms with E-state index in [1.54, 1.807) is 4.68 Å². The SMILES string of the molecule is Cc1ccc2c(c1)-c1c(cnn1CC(=O)NCCCN1[C@@H](C)CCC[C@@H]1C)CO2. The van der Waals surface area contributed by atoms with Gasteiger partial charge in [0, 0.05) is 36.3 Å². The molecule has 0 bridgehead atoms. The fourth-order valence-corrected chi connectivity index (χ4v) is 4.67. The van der Waals surface area contributed by atoms with Gasteiger partial charge in [-0.15, -0.1) is 0 Å². The highest BCUT2D eigenvalue weighted by atomic mass is 16.5. The Bertz CT molecular complexity index is 866. The lowest BCUT2D eigenvalue weighted by molar-refractivity contribution is -0.121. The molecule has 156 valence electrons. The number of ether oxygens (including phenoxy) is 1. The summed E-state index contributed by atoms with van der Waals surface area (Å²) in [7, 11) is 0. The van der Waals surface area contributed by atoms with Crippen LogP contribution in [0.25, 0.3) is 11.3 Å². The van der Waals surface area contributed by atoms with Gasteiger partial charge in [-0.25, -0.2) is 0 Å². The molecule has 2 atom stereocenters. The zero-order valence-corrected chi connectivity index (χ0v) is 17.8. The summed E-state index contributed by atoms with van der Waals surface area (Å²) < 4.78 is 7.62. The third kappa shape index (κ3) is 4.32. The van der Waals surface area contributed by atoms with Crippen LogP contribution in [0.1, 0.15) is 50.7 Å². The topological polar surface area (TPSA) is 59.4 Å². The van der Waals surface area contributed by atoms with E-state index in [2.05, 4.69) is 42.2 Å². The summed E-state index contributed by atoms with van der Waals surface area (Å²) in [6.45, 7) is 9.18. The van der Waals surface area contributed by atoms with Gasteiger partial charge in [0.2, 0.25) is 5.91 Å². The smallest absolute Gasteiger partial charge is 0.241 e. The van der Waals surface area contributed by atoms with Crippen molar-refractivity contribution in [3.8, 4) is 17.0 Å². The van der Waals surface area contributed by atoms with Crippen LogP contribution in [0.5, 0.6) is 5.75 Å². The van der Waals surface area contributed by atoms with Gasteiger partial charge in [-0.1, -0.05) is 18.1 Å². The van der Waals surface area contributed by atoms with Crippen molar-refractivity contribution in [2.45, 2.75) is 71.7 Å². The highest BCUT2D eigenvalue weighted by Crippen LogP contribution is 2.37. The molecule has 0 saturated carbocycles. The van der Waals surface area contributed by atoms with Crippen LogP contribution in [0, 0.1) is 6.92 Å². The first-order chi connectivity index (χ1) is 14.0. The van der Waals surface area contributed by atoms with Crippen LogP contribution < -0.4 is 10.1 Å². The van der Waals surface area contributed by atoms with E-state index in [4.69, 9.17) is 4.74 Å². The number of benzene rings is 1. The van der Waals surface area contributed by atoms with Crippen LogP contribution in [0.2, 0.25) is 0 Å². The maximum atomic E-state index is 12.5. The first-order valence-corrected chi connectivity index (χ1v) is 10.8. The molecule has 2 aromatic rings. The number of aryl methyl sites for hydroxylation is 1. The molecule has 6 heteroatoms. The Kier molecular flexibility index (Phi) is 5.90. The van der Waals surface area contributed by atoms with Gasteiger partial charge in [-0.3, -0.25) is 14.4 Å². The van der Waals surface area contributed by atoms with E-state index in [9.17, 15) is 4.79 Å². The van der Waals surface area contributed by atoms with Gasteiger partial charge >= 0.3 is 0 Å². The van der Waals surface area contributed by atoms with Crippen molar-refractivity contribution in [2.75, 3.05) is 13.1 Å². The number of aromatic nitrogens is 2. The average molecular weight is 397 g/mol. The maximum absolute atomic E-state index is 12.5. The van der Waals surface area contributed by atoms with E-state index >= 15 is 0 Å². The summed E-state index contributed by atoms with van der Waals surface area (Å²) in [6.07, 6.45) is 6.69. The Balaban J connectivity index is 1.33. The van der Waals surface area contributed by atoms with Crippen molar-refractivity contribution in [3.63, 3.8) is 0 Å². The molecule has 4 rings (SSSR count). The third-order valence-corrected chi connectivity index (χ3v) is 6.27. The molecule has 3 heterocycles. The maximum Gasteiger partial charge on any atom is 0.241 e. The van der Waals surface area contributed by atoms with E-state index in [-0.39, 0.29) is 12.5 Å². The van der Waals surface area contributed by atoms with E-state index in [1.165, 1.54) is 24.8 Å². The van der Waals surface area contributed by atoms with Gasteiger partial charge in [-0.05, 0) is 52.2 Å². The van der Waals surface area contributed by atoms with Crippen molar-refractivity contribution in [1.82, 2.24) is 20.0 Å². The lowest BCUT2D eigenvalue weighted by Gasteiger charge is -2.39. The predicted molar refractivity (Wildman–Crippen MR) is 114 cm³/mol. The number of hydrogen-bond donors (Lipinski definition) is 1. The first kappa shape index (κ1) is 20.0. The van der Waals surface area contributed by atoms with E-state index < -0.39 is 0 Å². The molecule has 1 aromatic heterocycles. The highest BCUT2D eigenvalue weighted by molar-refractivity contribution is 5.78. The molecule has 1 N–H and O–H groups in total. The van der Waals surface area contributed by atoms with Crippen molar-refractivity contribution in [3.05, 3.63) is 35.5 Å². The van der Waals surface area contributed by atoms with Crippen molar-refractivity contribution in [2.24, 2.45) is 0 Å². The summed E-state index contributed by atoms with van der Waals surface area (Å²) in [4.78, 5) is 15.1. The Morgan fingerprint density at radius 1 is 1.28 bits per heavy atom. The van der Waals surface area contributed by atoms with Crippen molar-refractivity contribution in [1.29, 1.82) is 0 Å². The van der Waals surface area contributed by atoms with Gasteiger partial charge < -0.3 is 10.1 Å². The minimum atomic E-state index is 0.0105. The molecule has 1 aromatic carbocycles. The molecule has 1 amide bonds. The molecular weight excluding hydrogens is 364 g/mol. The third-order valence-electron chi connectivity index (χ3n) is 6.27. The minimum Gasteiger partial charge on any atom is -0.488 e. The average Bonchev–Trinajstić information content (AvgIpc) is 3.10. The summed E-state index contributed by atoms with van der Waals surface area (Å²) in [5, 5.41) is 7.53. The van der Waals surface area contributed by atoms with Gasteiger partial charge in [0.1, 0.15) is 18.9 Å². The number of amides is 1. The molecule has 1 fully saturated rings. The van der Waals surface area contributed by atoms with Crippen LogP contribution >= 0.6 is 0 Å².